The number of guanidine groups is 1. The number of carbonyl (C=O) groups is 3. The Balaban J connectivity index is 1.25. The average molecular weight is 613 g/mol. The third-order valence-electron chi connectivity index (χ3n) is 8.65. The summed E-state index contributed by atoms with van der Waals surface area (Å²) < 4.78 is 11.1. The first kappa shape index (κ1) is 30.2. The lowest BCUT2D eigenvalue weighted by atomic mass is 10.1. The lowest BCUT2D eigenvalue weighted by Crippen LogP contribution is -2.45. The van der Waals surface area contributed by atoms with Crippen LogP contribution in [0.1, 0.15) is 49.1 Å². The molecule has 0 aliphatic carbocycles. The molecule has 2 aromatic heterocycles. The number of aromatic amines is 1. The molecule has 2 aliphatic heterocycles. The zero-order valence-corrected chi connectivity index (χ0v) is 26.1. The van der Waals surface area contributed by atoms with Crippen molar-refractivity contribution in [1.29, 1.82) is 0 Å². The Morgan fingerprint density at radius 3 is 2.64 bits per heavy atom. The number of aromatic nitrogens is 1. The summed E-state index contributed by atoms with van der Waals surface area (Å²) in [5.74, 6) is 1.22. The number of nitrogens with zero attached hydrogens (tertiary/aromatic N) is 3. The SMILES string of the molecule is COc1ccc2c(CC(=O)NC(=NC3CCCCN(CC(=O)N4CCCC4)C3=O)Nc3ccc4oc(C)cc4c3)c(C)[nH]c2c1. The number of hydrogen-bond donors (Lipinski definition) is 3. The second-order valence-electron chi connectivity index (χ2n) is 11.9. The maximum atomic E-state index is 13.7. The highest BCUT2D eigenvalue weighted by atomic mass is 16.5. The first-order valence-electron chi connectivity index (χ1n) is 15.6. The number of aliphatic imine (C=N–C) groups is 1. The molecule has 45 heavy (non-hydrogen) atoms. The van der Waals surface area contributed by atoms with Gasteiger partial charge in [0.15, 0.2) is 0 Å². The van der Waals surface area contributed by atoms with E-state index < -0.39 is 6.04 Å². The zero-order chi connectivity index (χ0) is 31.5. The van der Waals surface area contributed by atoms with Crippen LogP contribution >= 0.6 is 0 Å². The highest BCUT2D eigenvalue weighted by molar-refractivity contribution is 6.07. The fraction of sp³-hybridized carbons (Fsp3) is 0.412. The highest BCUT2D eigenvalue weighted by Crippen LogP contribution is 2.27. The number of likely N-dealkylation sites (tertiary alicyclic amines) is 2. The van der Waals surface area contributed by atoms with Crippen molar-refractivity contribution in [1.82, 2.24) is 20.1 Å². The summed E-state index contributed by atoms with van der Waals surface area (Å²) in [5, 5.41) is 8.05. The van der Waals surface area contributed by atoms with Gasteiger partial charge in [0.05, 0.1) is 20.1 Å². The number of nitrogens with one attached hydrogen (secondary N) is 3. The van der Waals surface area contributed by atoms with E-state index in [2.05, 4.69) is 15.6 Å². The van der Waals surface area contributed by atoms with Gasteiger partial charge in [0.2, 0.25) is 23.7 Å². The van der Waals surface area contributed by atoms with Gasteiger partial charge < -0.3 is 29.3 Å². The molecule has 0 saturated carbocycles. The number of amides is 3. The van der Waals surface area contributed by atoms with Gasteiger partial charge in [-0.25, -0.2) is 4.99 Å². The van der Waals surface area contributed by atoms with E-state index in [9.17, 15) is 14.4 Å². The number of H-pyrrole nitrogens is 1. The van der Waals surface area contributed by atoms with E-state index in [-0.39, 0.29) is 36.6 Å². The van der Waals surface area contributed by atoms with Crippen LogP contribution in [0.3, 0.4) is 0 Å². The molecule has 0 bridgehead atoms. The summed E-state index contributed by atoms with van der Waals surface area (Å²) in [5.41, 5.74) is 4.09. The van der Waals surface area contributed by atoms with Crippen molar-refractivity contribution < 1.29 is 23.5 Å². The van der Waals surface area contributed by atoms with Gasteiger partial charge in [-0.3, -0.25) is 19.7 Å². The van der Waals surface area contributed by atoms with Gasteiger partial charge in [-0.05, 0) is 87.9 Å². The van der Waals surface area contributed by atoms with Gasteiger partial charge in [0, 0.05) is 53.4 Å². The standard InChI is InChI=1S/C34H40N6O5/c1-21-16-23-17-24(9-12-30(23)45-21)36-34(38-31(41)19-27-22(2)35-29-18-25(44-3)10-11-26(27)29)37-28-8-4-5-15-40(33(28)43)20-32(42)39-13-6-7-14-39/h9-12,16-18,28,35H,4-8,13-15,19-20H2,1-3H3,(H2,36,37,38,41). The van der Waals surface area contributed by atoms with Crippen LogP contribution < -0.4 is 15.4 Å². The Morgan fingerprint density at radius 2 is 1.84 bits per heavy atom. The second-order valence-corrected chi connectivity index (χ2v) is 11.9. The Bertz CT molecular complexity index is 1770. The monoisotopic (exact) mass is 612 g/mol. The minimum Gasteiger partial charge on any atom is -0.497 e. The molecule has 3 N–H and O–H groups in total. The van der Waals surface area contributed by atoms with Gasteiger partial charge in [-0.1, -0.05) is 0 Å². The molecule has 4 aromatic rings. The molecule has 1 unspecified atom stereocenters. The molecule has 0 spiro atoms. The lowest BCUT2D eigenvalue weighted by molar-refractivity contribution is -0.140. The van der Waals surface area contributed by atoms with Gasteiger partial charge in [0.25, 0.3) is 0 Å². The van der Waals surface area contributed by atoms with Gasteiger partial charge >= 0.3 is 0 Å². The number of aryl methyl sites for hydroxylation is 2. The fourth-order valence-corrected chi connectivity index (χ4v) is 6.29. The van der Waals surface area contributed by atoms with E-state index in [4.69, 9.17) is 14.1 Å². The van der Waals surface area contributed by atoms with Gasteiger partial charge in [0.1, 0.15) is 23.1 Å². The van der Waals surface area contributed by atoms with Crippen LogP contribution in [-0.4, -0.2) is 77.8 Å². The Labute approximate surface area is 262 Å². The van der Waals surface area contributed by atoms with Crippen LogP contribution in [0.5, 0.6) is 5.75 Å². The number of furan rings is 1. The second kappa shape index (κ2) is 13.1. The maximum absolute atomic E-state index is 13.7. The van der Waals surface area contributed by atoms with Crippen molar-refractivity contribution in [3.05, 3.63) is 59.5 Å². The fourth-order valence-electron chi connectivity index (χ4n) is 6.29. The average Bonchev–Trinajstić information content (AvgIpc) is 3.73. The third-order valence-corrected chi connectivity index (χ3v) is 8.65. The normalized spacial score (nSPS) is 17.6. The Kier molecular flexibility index (Phi) is 8.77. The number of ether oxygens (including phenoxy) is 1. The van der Waals surface area contributed by atoms with Crippen LogP contribution in [0.15, 0.2) is 51.9 Å². The minimum absolute atomic E-state index is 0.0208. The Morgan fingerprint density at radius 1 is 1.04 bits per heavy atom. The van der Waals surface area contributed by atoms with Crippen LogP contribution in [0, 0.1) is 13.8 Å². The molecule has 11 nitrogen and oxygen atoms in total. The molecule has 236 valence electrons. The van der Waals surface area contributed by atoms with E-state index in [1.165, 1.54) is 0 Å². The quantitative estimate of drug-likeness (QED) is 0.205. The smallest absolute Gasteiger partial charge is 0.247 e. The van der Waals surface area contributed by atoms with Crippen LogP contribution in [-0.2, 0) is 20.8 Å². The van der Waals surface area contributed by atoms with E-state index in [1.807, 2.05) is 61.2 Å². The predicted molar refractivity (Wildman–Crippen MR) is 173 cm³/mol. The molecular weight excluding hydrogens is 572 g/mol. The van der Waals surface area contributed by atoms with Crippen molar-refractivity contribution >= 4 is 51.2 Å². The van der Waals surface area contributed by atoms with Crippen LogP contribution in [0.25, 0.3) is 21.9 Å². The largest absolute Gasteiger partial charge is 0.497 e. The first-order chi connectivity index (χ1) is 21.8. The van der Waals surface area contributed by atoms with E-state index in [0.29, 0.717) is 18.7 Å². The Hall–Kier alpha value is -4.80. The van der Waals surface area contributed by atoms with Crippen molar-refractivity contribution in [2.24, 2.45) is 4.99 Å². The summed E-state index contributed by atoms with van der Waals surface area (Å²) in [4.78, 5) is 51.8. The number of carbonyl (C=O) groups excluding carboxylic acids is 3. The summed E-state index contributed by atoms with van der Waals surface area (Å²) in [6, 6.07) is 12.5. The topological polar surface area (TPSA) is 132 Å². The van der Waals surface area contributed by atoms with Crippen LogP contribution in [0.2, 0.25) is 0 Å². The number of methoxy groups -OCH3 is 1. The van der Waals surface area contributed by atoms with Crippen molar-refractivity contribution in [2.45, 2.75) is 58.4 Å². The molecule has 11 heteroatoms. The van der Waals surface area contributed by atoms with E-state index in [0.717, 1.165) is 83.4 Å². The molecule has 1 atom stereocenters. The predicted octanol–water partition coefficient (Wildman–Crippen LogP) is 4.67. The molecule has 0 radical (unpaired) electrons. The summed E-state index contributed by atoms with van der Waals surface area (Å²) in [6.45, 7) is 5.88. The van der Waals surface area contributed by atoms with Crippen LogP contribution in [0.4, 0.5) is 5.69 Å². The van der Waals surface area contributed by atoms with E-state index in [1.54, 1.807) is 12.0 Å². The lowest BCUT2D eigenvalue weighted by Gasteiger charge is -2.25. The van der Waals surface area contributed by atoms with Crippen molar-refractivity contribution in [3.63, 3.8) is 0 Å². The third kappa shape index (κ3) is 6.82. The summed E-state index contributed by atoms with van der Waals surface area (Å²) in [7, 11) is 1.62. The highest BCUT2D eigenvalue weighted by Gasteiger charge is 2.30. The van der Waals surface area contributed by atoms with Crippen molar-refractivity contribution in [3.8, 4) is 5.75 Å². The maximum Gasteiger partial charge on any atom is 0.247 e. The van der Waals surface area contributed by atoms with Gasteiger partial charge in [-0.2, -0.15) is 0 Å². The summed E-state index contributed by atoms with van der Waals surface area (Å²) >= 11 is 0. The molecule has 4 heterocycles. The number of anilines is 1. The molecule has 6 rings (SSSR count). The number of rotatable bonds is 7. The molecule has 2 aromatic carbocycles. The number of hydrogen-bond acceptors (Lipinski definition) is 6. The molecule has 2 aliphatic rings. The number of benzene rings is 2. The molecule has 2 fully saturated rings. The van der Waals surface area contributed by atoms with Gasteiger partial charge in [-0.15, -0.1) is 0 Å². The number of fused-ring (bicyclic) bond motifs is 2. The molecule has 2 saturated heterocycles. The molecule has 3 amide bonds. The summed E-state index contributed by atoms with van der Waals surface area (Å²) in [6.07, 6.45) is 4.20. The van der Waals surface area contributed by atoms with E-state index >= 15 is 0 Å². The minimum atomic E-state index is -0.733. The zero-order valence-electron chi connectivity index (χ0n) is 26.1. The van der Waals surface area contributed by atoms with Crippen molar-refractivity contribution in [2.75, 3.05) is 38.6 Å². The molecular formula is C34H40N6O5. The first-order valence-corrected chi connectivity index (χ1v) is 15.6.